The van der Waals surface area contributed by atoms with Gasteiger partial charge in [0.2, 0.25) is 6.54 Å². The average molecular weight is 382 g/mol. The van der Waals surface area contributed by atoms with Gasteiger partial charge in [0.25, 0.3) is 0 Å². The first-order chi connectivity index (χ1) is 12.6. The summed E-state index contributed by atoms with van der Waals surface area (Å²) in [6, 6.07) is 5.71. The first-order valence-corrected chi connectivity index (χ1v) is 8.63. The number of nitrogens with zero attached hydrogens (tertiary/aromatic N) is 2. The number of hydrogen-bond donors (Lipinski definition) is 1. The predicted octanol–water partition coefficient (Wildman–Crippen LogP) is 4.01. The van der Waals surface area contributed by atoms with Gasteiger partial charge in [0.15, 0.2) is 0 Å². The predicted molar refractivity (Wildman–Crippen MR) is 94.4 cm³/mol. The Balaban J connectivity index is 2.20. The molecule has 1 N–H and O–H groups in total. The van der Waals surface area contributed by atoms with Gasteiger partial charge in [-0.3, -0.25) is 4.90 Å². The smallest absolute Gasteiger partial charge is 0.411 e. The monoisotopic (exact) mass is 382 g/mol. The van der Waals surface area contributed by atoms with Crippen LogP contribution < -0.4 is 4.74 Å². The Hall–Kier alpha value is -2.40. The molecular formula is C19H24F2N2O4. The van der Waals surface area contributed by atoms with Crippen LogP contribution >= 0.6 is 0 Å². The highest BCUT2D eigenvalue weighted by atomic mass is 19.3. The zero-order chi connectivity index (χ0) is 20.2. The number of β-amino-alcohol motifs (C(OH)–C–C–N with tert-alkyl or cyclic N) is 1. The van der Waals surface area contributed by atoms with Crippen molar-refractivity contribution < 1.29 is 28.2 Å². The SMILES string of the molecule is [C-]#[N+]CC1(N(CC(O)c2cccc(OC(F)F)c2)C(=O)OC(C)(C)C)CC1. The maximum absolute atomic E-state index is 12.7. The molecule has 2 rings (SSSR count). The normalized spacial score (nSPS) is 16.4. The van der Waals surface area contributed by atoms with Crippen molar-refractivity contribution in [3.05, 3.63) is 41.2 Å². The quantitative estimate of drug-likeness (QED) is 0.724. The van der Waals surface area contributed by atoms with Gasteiger partial charge in [-0.25, -0.2) is 11.4 Å². The minimum absolute atomic E-state index is 0.0762. The van der Waals surface area contributed by atoms with E-state index >= 15 is 0 Å². The van der Waals surface area contributed by atoms with E-state index in [9.17, 15) is 18.7 Å². The van der Waals surface area contributed by atoms with Crippen molar-refractivity contribution in [1.29, 1.82) is 0 Å². The number of aliphatic hydroxyl groups excluding tert-OH is 1. The molecule has 6 nitrogen and oxygen atoms in total. The van der Waals surface area contributed by atoms with Gasteiger partial charge < -0.3 is 19.4 Å². The summed E-state index contributed by atoms with van der Waals surface area (Å²) in [6.07, 6.45) is -0.448. The fraction of sp³-hybridized carbons (Fsp3) is 0.579. The van der Waals surface area contributed by atoms with E-state index in [0.717, 1.165) is 0 Å². The molecule has 0 aliphatic heterocycles. The molecule has 1 aliphatic carbocycles. The number of aliphatic hydroxyl groups is 1. The number of carbonyl (C=O) groups excluding carboxylic acids is 1. The second kappa shape index (κ2) is 8.09. The molecular weight excluding hydrogens is 358 g/mol. The van der Waals surface area contributed by atoms with Crippen molar-refractivity contribution in [2.24, 2.45) is 0 Å². The number of hydrogen-bond acceptors (Lipinski definition) is 4. The summed E-state index contributed by atoms with van der Waals surface area (Å²) in [5.41, 5.74) is -1.04. The van der Waals surface area contributed by atoms with Crippen LogP contribution in [0.15, 0.2) is 24.3 Å². The summed E-state index contributed by atoms with van der Waals surface area (Å²) >= 11 is 0. The van der Waals surface area contributed by atoms with Crippen molar-refractivity contribution in [3.63, 3.8) is 0 Å². The molecule has 1 aliphatic rings. The van der Waals surface area contributed by atoms with Crippen LogP contribution in [-0.4, -0.2) is 46.9 Å². The van der Waals surface area contributed by atoms with E-state index in [1.165, 1.54) is 23.1 Å². The Labute approximate surface area is 157 Å². The fourth-order valence-electron chi connectivity index (χ4n) is 2.76. The second-order valence-electron chi connectivity index (χ2n) is 7.60. The molecule has 0 radical (unpaired) electrons. The summed E-state index contributed by atoms with van der Waals surface area (Å²) in [7, 11) is 0. The molecule has 1 amide bonds. The van der Waals surface area contributed by atoms with Gasteiger partial charge in [0.1, 0.15) is 16.9 Å². The molecule has 1 unspecified atom stereocenters. The molecule has 148 valence electrons. The maximum atomic E-state index is 12.7. The Bertz CT molecular complexity index is 708. The van der Waals surface area contributed by atoms with E-state index in [1.54, 1.807) is 26.8 Å². The van der Waals surface area contributed by atoms with Crippen LogP contribution in [0, 0.1) is 6.57 Å². The maximum Gasteiger partial charge on any atom is 0.411 e. The minimum Gasteiger partial charge on any atom is -0.444 e. The molecule has 0 heterocycles. The number of ether oxygens (including phenoxy) is 2. The number of rotatable bonds is 7. The third-order valence-electron chi connectivity index (χ3n) is 4.21. The van der Waals surface area contributed by atoms with E-state index < -0.39 is 29.9 Å². The highest BCUT2D eigenvalue weighted by Gasteiger charge is 2.54. The molecule has 0 aromatic heterocycles. The lowest BCUT2D eigenvalue weighted by Gasteiger charge is -2.33. The highest BCUT2D eigenvalue weighted by Crippen LogP contribution is 2.43. The number of benzene rings is 1. The second-order valence-corrected chi connectivity index (χ2v) is 7.60. The van der Waals surface area contributed by atoms with E-state index in [2.05, 4.69) is 9.58 Å². The fourth-order valence-corrected chi connectivity index (χ4v) is 2.76. The Morgan fingerprint density at radius 3 is 2.59 bits per heavy atom. The van der Waals surface area contributed by atoms with Gasteiger partial charge >= 0.3 is 12.7 Å². The lowest BCUT2D eigenvalue weighted by molar-refractivity contribution is -0.0500. The third-order valence-corrected chi connectivity index (χ3v) is 4.21. The molecule has 1 fully saturated rings. The first kappa shape index (κ1) is 20.9. The van der Waals surface area contributed by atoms with Gasteiger partial charge in [-0.15, -0.1) is 0 Å². The summed E-state index contributed by atoms with van der Waals surface area (Å²) in [6.45, 7) is 9.40. The van der Waals surface area contributed by atoms with E-state index in [1.807, 2.05) is 0 Å². The van der Waals surface area contributed by atoms with Gasteiger partial charge in [-0.2, -0.15) is 8.78 Å². The van der Waals surface area contributed by atoms with E-state index in [-0.39, 0.29) is 18.8 Å². The zero-order valence-corrected chi connectivity index (χ0v) is 15.6. The van der Waals surface area contributed by atoms with Crippen molar-refractivity contribution in [1.82, 2.24) is 4.90 Å². The molecule has 0 saturated heterocycles. The number of halogens is 2. The molecule has 1 aromatic carbocycles. The molecule has 0 spiro atoms. The van der Waals surface area contributed by atoms with Gasteiger partial charge in [-0.1, -0.05) is 12.1 Å². The molecule has 1 aromatic rings. The van der Waals surface area contributed by atoms with Crippen LogP contribution in [0.5, 0.6) is 5.75 Å². The lowest BCUT2D eigenvalue weighted by atomic mass is 10.1. The average Bonchev–Trinajstić information content (AvgIpc) is 3.31. The molecule has 1 saturated carbocycles. The number of carbonyl (C=O) groups is 1. The zero-order valence-electron chi connectivity index (χ0n) is 15.6. The Kier molecular flexibility index (Phi) is 6.26. The Morgan fingerprint density at radius 1 is 1.41 bits per heavy atom. The molecule has 8 heteroatoms. The third kappa shape index (κ3) is 5.79. The summed E-state index contributed by atoms with van der Waals surface area (Å²) < 4.78 is 34.6. The van der Waals surface area contributed by atoms with Crippen molar-refractivity contribution in [2.75, 3.05) is 13.1 Å². The summed E-state index contributed by atoms with van der Waals surface area (Å²) in [4.78, 5) is 17.5. The lowest BCUT2D eigenvalue weighted by Crippen LogP contribution is -2.48. The molecule has 27 heavy (non-hydrogen) atoms. The van der Waals surface area contributed by atoms with E-state index in [0.29, 0.717) is 18.4 Å². The van der Waals surface area contributed by atoms with E-state index in [4.69, 9.17) is 11.3 Å². The highest BCUT2D eigenvalue weighted by molar-refractivity contribution is 5.70. The van der Waals surface area contributed by atoms with Crippen molar-refractivity contribution >= 4 is 6.09 Å². The van der Waals surface area contributed by atoms with Crippen LogP contribution in [0.4, 0.5) is 13.6 Å². The Morgan fingerprint density at radius 2 is 2.07 bits per heavy atom. The van der Waals surface area contributed by atoms with Crippen LogP contribution in [0.3, 0.4) is 0 Å². The van der Waals surface area contributed by atoms with Crippen LogP contribution in [-0.2, 0) is 4.74 Å². The minimum atomic E-state index is -2.97. The van der Waals surface area contributed by atoms with Crippen LogP contribution in [0.1, 0.15) is 45.3 Å². The van der Waals surface area contributed by atoms with Crippen molar-refractivity contribution in [2.45, 2.75) is 57.5 Å². The molecule has 1 atom stereocenters. The van der Waals surface area contributed by atoms with Gasteiger partial charge in [0.05, 0.1) is 12.6 Å². The van der Waals surface area contributed by atoms with Gasteiger partial charge in [0, 0.05) is 0 Å². The van der Waals surface area contributed by atoms with Crippen LogP contribution in [0.2, 0.25) is 0 Å². The number of amides is 1. The summed E-state index contributed by atoms with van der Waals surface area (Å²) in [5, 5.41) is 10.6. The standard InChI is InChI=1S/C19H24F2N2O4/c1-18(2,3)27-17(25)23(19(8-9-19)12-22-4)11-15(24)13-6-5-7-14(10-13)26-16(20)21/h5-7,10,15-16,24H,8-9,11-12H2,1-3H3. The van der Waals surface area contributed by atoms with Crippen LogP contribution in [0.25, 0.3) is 4.85 Å². The largest absolute Gasteiger partial charge is 0.444 e. The first-order valence-electron chi connectivity index (χ1n) is 8.63. The summed E-state index contributed by atoms with van der Waals surface area (Å²) in [5.74, 6) is -0.0762. The molecule has 0 bridgehead atoms. The number of alkyl halides is 2. The van der Waals surface area contributed by atoms with Crippen molar-refractivity contribution in [3.8, 4) is 5.75 Å². The topological polar surface area (TPSA) is 63.4 Å². The van der Waals surface area contributed by atoms with Gasteiger partial charge in [-0.05, 0) is 51.3 Å².